The Kier molecular flexibility index (Phi) is 6.33. The Balaban J connectivity index is 1.68. The highest BCUT2D eigenvalue weighted by Crippen LogP contribution is 2.39. The van der Waals surface area contributed by atoms with Crippen LogP contribution in [0.5, 0.6) is 5.75 Å². The zero-order valence-electron chi connectivity index (χ0n) is 20.0. The Morgan fingerprint density at radius 1 is 1.20 bits per heavy atom. The lowest BCUT2D eigenvalue weighted by atomic mass is 10.1. The van der Waals surface area contributed by atoms with Gasteiger partial charge in [0.15, 0.2) is 5.65 Å². The van der Waals surface area contributed by atoms with Gasteiger partial charge in [0.25, 0.3) is 0 Å². The number of nitriles is 1. The number of aryl methyl sites for hydroxylation is 1. The van der Waals surface area contributed by atoms with E-state index < -0.39 is 0 Å². The van der Waals surface area contributed by atoms with Crippen molar-refractivity contribution in [2.75, 3.05) is 18.6 Å². The molecule has 0 spiro atoms. The van der Waals surface area contributed by atoms with Crippen LogP contribution in [-0.2, 0) is 24.5 Å². The van der Waals surface area contributed by atoms with Gasteiger partial charge in [0.05, 0.1) is 53.9 Å². The SMILES string of the molecule is CCCN(Cc1ccc(C#N)cc1)c1c2c(nc3c(-c4ccc(OC)cc4Cl)c(C)nn13)COC2. The lowest BCUT2D eigenvalue weighted by Crippen LogP contribution is -2.27. The first kappa shape index (κ1) is 23.2. The minimum Gasteiger partial charge on any atom is -0.497 e. The second kappa shape index (κ2) is 9.57. The Morgan fingerprint density at radius 3 is 2.69 bits per heavy atom. The van der Waals surface area contributed by atoms with Gasteiger partial charge in [-0.05, 0) is 49.2 Å². The van der Waals surface area contributed by atoms with Gasteiger partial charge >= 0.3 is 0 Å². The summed E-state index contributed by atoms with van der Waals surface area (Å²) in [7, 11) is 1.62. The van der Waals surface area contributed by atoms with E-state index in [1.165, 1.54) is 0 Å². The van der Waals surface area contributed by atoms with Crippen molar-refractivity contribution >= 4 is 23.1 Å². The van der Waals surface area contributed by atoms with Gasteiger partial charge in [-0.25, -0.2) is 4.98 Å². The molecule has 1 aliphatic heterocycles. The van der Waals surface area contributed by atoms with Crippen molar-refractivity contribution in [1.29, 1.82) is 5.26 Å². The Bertz CT molecular complexity index is 1440. The molecule has 0 saturated carbocycles. The van der Waals surface area contributed by atoms with Gasteiger partial charge in [0.2, 0.25) is 0 Å². The third-order valence-electron chi connectivity index (χ3n) is 6.28. The summed E-state index contributed by atoms with van der Waals surface area (Å²) in [5.41, 5.74) is 7.15. The summed E-state index contributed by atoms with van der Waals surface area (Å²) < 4.78 is 13.1. The normalized spacial score (nSPS) is 12.5. The second-order valence-corrected chi connectivity index (χ2v) is 9.03. The van der Waals surface area contributed by atoms with Gasteiger partial charge in [-0.3, -0.25) is 0 Å². The van der Waals surface area contributed by atoms with Gasteiger partial charge < -0.3 is 14.4 Å². The molecule has 0 radical (unpaired) electrons. The van der Waals surface area contributed by atoms with Crippen LogP contribution in [0.3, 0.4) is 0 Å². The quantitative estimate of drug-likeness (QED) is 0.333. The first-order valence-electron chi connectivity index (χ1n) is 11.6. The molecule has 2 aromatic heterocycles. The number of rotatable bonds is 7. The summed E-state index contributed by atoms with van der Waals surface area (Å²) in [5, 5.41) is 14.7. The smallest absolute Gasteiger partial charge is 0.165 e. The van der Waals surface area contributed by atoms with Crippen molar-refractivity contribution in [3.05, 3.63) is 75.6 Å². The van der Waals surface area contributed by atoms with Gasteiger partial charge in [0.1, 0.15) is 11.6 Å². The summed E-state index contributed by atoms with van der Waals surface area (Å²) in [6.45, 7) is 6.64. The first-order chi connectivity index (χ1) is 17.0. The molecule has 35 heavy (non-hydrogen) atoms. The number of hydrogen-bond donors (Lipinski definition) is 0. The van der Waals surface area contributed by atoms with Gasteiger partial charge in [-0.2, -0.15) is 14.9 Å². The Labute approximate surface area is 209 Å². The molecule has 0 bridgehead atoms. The van der Waals surface area contributed by atoms with E-state index in [9.17, 15) is 0 Å². The van der Waals surface area contributed by atoms with E-state index in [0.717, 1.165) is 58.1 Å². The van der Waals surface area contributed by atoms with E-state index in [1.807, 2.05) is 53.9 Å². The molecule has 8 heteroatoms. The topological polar surface area (TPSA) is 75.7 Å². The molecular weight excluding hydrogens is 462 g/mol. The van der Waals surface area contributed by atoms with Gasteiger partial charge in [0, 0.05) is 24.2 Å². The van der Waals surface area contributed by atoms with Crippen molar-refractivity contribution in [1.82, 2.24) is 14.6 Å². The van der Waals surface area contributed by atoms with E-state index >= 15 is 0 Å². The third kappa shape index (κ3) is 4.20. The van der Waals surface area contributed by atoms with Crippen LogP contribution in [0.4, 0.5) is 5.82 Å². The lowest BCUT2D eigenvalue weighted by Gasteiger charge is -2.27. The predicted molar refractivity (Wildman–Crippen MR) is 136 cm³/mol. The van der Waals surface area contributed by atoms with Gasteiger partial charge in [-0.15, -0.1) is 0 Å². The minimum atomic E-state index is 0.468. The van der Waals surface area contributed by atoms with Crippen molar-refractivity contribution in [3.63, 3.8) is 0 Å². The fraction of sp³-hybridized carbons (Fsp3) is 0.296. The largest absolute Gasteiger partial charge is 0.497 e. The van der Waals surface area contributed by atoms with Crippen LogP contribution >= 0.6 is 11.6 Å². The fourth-order valence-corrected chi connectivity index (χ4v) is 4.90. The van der Waals surface area contributed by atoms with Crippen LogP contribution < -0.4 is 9.64 Å². The average Bonchev–Trinajstić information content (AvgIpc) is 3.46. The van der Waals surface area contributed by atoms with Crippen LogP contribution in [0.2, 0.25) is 5.02 Å². The maximum absolute atomic E-state index is 9.16. The molecule has 0 atom stereocenters. The molecule has 178 valence electrons. The fourth-order valence-electron chi connectivity index (χ4n) is 4.64. The summed E-state index contributed by atoms with van der Waals surface area (Å²) in [5.74, 6) is 1.69. The summed E-state index contributed by atoms with van der Waals surface area (Å²) >= 11 is 6.67. The van der Waals surface area contributed by atoms with Crippen molar-refractivity contribution < 1.29 is 9.47 Å². The number of ether oxygens (including phenoxy) is 2. The standard InChI is InChI=1S/C27H26ClN5O2/c1-4-11-32(14-19-7-5-18(13-29)6-8-19)27-22-15-35-16-24(22)30-26-25(17(2)31-33(26)27)21-10-9-20(34-3)12-23(21)28/h5-10,12H,4,11,14-16H2,1-3H3. The molecule has 3 heterocycles. The molecule has 0 saturated heterocycles. The number of anilines is 1. The highest BCUT2D eigenvalue weighted by atomic mass is 35.5. The average molecular weight is 488 g/mol. The number of nitrogens with zero attached hydrogens (tertiary/aromatic N) is 5. The highest BCUT2D eigenvalue weighted by molar-refractivity contribution is 6.33. The minimum absolute atomic E-state index is 0.468. The molecule has 0 N–H and O–H groups in total. The molecule has 5 rings (SSSR count). The van der Waals surface area contributed by atoms with E-state index in [4.69, 9.17) is 36.4 Å². The molecule has 7 nitrogen and oxygen atoms in total. The number of aromatic nitrogens is 3. The van der Waals surface area contributed by atoms with Crippen molar-refractivity contribution in [3.8, 4) is 22.9 Å². The predicted octanol–water partition coefficient (Wildman–Crippen LogP) is 5.69. The number of fused-ring (bicyclic) bond motifs is 2. The Morgan fingerprint density at radius 2 is 2.00 bits per heavy atom. The molecule has 0 amide bonds. The van der Waals surface area contributed by atoms with E-state index in [1.54, 1.807) is 7.11 Å². The maximum atomic E-state index is 9.16. The van der Waals surface area contributed by atoms with E-state index in [2.05, 4.69) is 17.9 Å². The Hall–Kier alpha value is -3.60. The van der Waals surface area contributed by atoms with Crippen LogP contribution in [0.1, 0.15) is 41.4 Å². The molecule has 0 aliphatic carbocycles. The zero-order valence-corrected chi connectivity index (χ0v) is 20.8. The molecule has 2 aromatic carbocycles. The van der Waals surface area contributed by atoms with E-state index in [-0.39, 0.29) is 0 Å². The maximum Gasteiger partial charge on any atom is 0.165 e. The van der Waals surface area contributed by atoms with Crippen molar-refractivity contribution in [2.45, 2.75) is 40.0 Å². The summed E-state index contributed by atoms with van der Waals surface area (Å²) in [6.07, 6.45) is 0.965. The highest BCUT2D eigenvalue weighted by Gasteiger charge is 2.28. The van der Waals surface area contributed by atoms with Gasteiger partial charge in [-0.1, -0.05) is 30.7 Å². The third-order valence-corrected chi connectivity index (χ3v) is 6.59. The molecule has 0 fully saturated rings. The summed E-state index contributed by atoms with van der Waals surface area (Å²) in [6, 6.07) is 15.6. The zero-order chi connectivity index (χ0) is 24.5. The molecular formula is C27H26ClN5O2. The molecule has 4 aromatic rings. The summed E-state index contributed by atoms with van der Waals surface area (Å²) in [4.78, 5) is 7.32. The monoisotopic (exact) mass is 487 g/mol. The number of hydrogen-bond acceptors (Lipinski definition) is 6. The van der Waals surface area contributed by atoms with Crippen LogP contribution in [0.15, 0.2) is 42.5 Å². The second-order valence-electron chi connectivity index (χ2n) is 8.63. The van der Waals surface area contributed by atoms with Crippen LogP contribution in [-0.4, -0.2) is 28.3 Å². The molecule has 1 aliphatic rings. The van der Waals surface area contributed by atoms with Crippen LogP contribution in [0, 0.1) is 18.3 Å². The number of methoxy groups -OCH3 is 1. The van der Waals surface area contributed by atoms with E-state index in [0.29, 0.717) is 36.1 Å². The number of benzene rings is 2. The van der Waals surface area contributed by atoms with Crippen molar-refractivity contribution in [2.24, 2.45) is 0 Å². The number of halogens is 1. The lowest BCUT2D eigenvalue weighted by molar-refractivity contribution is 0.133. The molecule has 0 unspecified atom stereocenters. The first-order valence-corrected chi connectivity index (χ1v) is 12.0. The van der Waals surface area contributed by atoms with Crippen LogP contribution in [0.25, 0.3) is 16.8 Å².